The number of aliphatic hydroxyl groups is 2. The molecule has 0 aliphatic heterocycles. The minimum atomic E-state index is -0.308. The summed E-state index contributed by atoms with van der Waals surface area (Å²) in [5, 5.41) is 19.0. The number of allylic oxidation sites excluding steroid dienone is 3. The van der Waals surface area contributed by atoms with E-state index in [1.54, 1.807) is 31.2 Å². The lowest BCUT2D eigenvalue weighted by Gasteiger charge is -1.96. The van der Waals surface area contributed by atoms with Gasteiger partial charge in [-0.25, -0.2) is 0 Å². The summed E-state index contributed by atoms with van der Waals surface area (Å²) >= 11 is 0. The fourth-order valence-corrected chi connectivity index (χ4v) is 1.30. The van der Waals surface area contributed by atoms with Crippen molar-refractivity contribution >= 4 is 18.4 Å². The second-order valence-corrected chi connectivity index (χ2v) is 3.57. The highest BCUT2D eigenvalue weighted by Gasteiger charge is 2.02. The zero-order chi connectivity index (χ0) is 12.8. The molecule has 0 heterocycles. The van der Waals surface area contributed by atoms with Gasteiger partial charge in [0.1, 0.15) is 0 Å². The molecule has 1 rings (SSSR count). The highest BCUT2D eigenvalue weighted by atomic mass is 16.3. The van der Waals surface area contributed by atoms with Gasteiger partial charge in [-0.15, -0.1) is 0 Å². The summed E-state index contributed by atoms with van der Waals surface area (Å²) in [4.78, 5) is 11.6. The molecule has 0 amide bonds. The van der Waals surface area contributed by atoms with E-state index >= 15 is 0 Å². The van der Waals surface area contributed by atoms with E-state index in [9.17, 15) is 4.79 Å². The molecule has 17 heavy (non-hydrogen) atoms. The minimum Gasteiger partial charge on any atom is -0.515 e. The van der Waals surface area contributed by atoms with Gasteiger partial charge in [-0.1, -0.05) is 24.8 Å². The van der Waals surface area contributed by atoms with Crippen LogP contribution in [0.2, 0.25) is 0 Å². The van der Waals surface area contributed by atoms with E-state index in [0.717, 1.165) is 11.3 Å². The van der Waals surface area contributed by atoms with Gasteiger partial charge in [-0.2, -0.15) is 0 Å². The third-order valence-corrected chi connectivity index (χ3v) is 2.14. The molecule has 1 aromatic carbocycles. The first-order valence-electron chi connectivity index (χ1n) is 5.06. The van der Waals surface area contributed by atoms with E-state index in [2.05, 4.69) is 6.58 Å². The zero-order valence-corrected chi connectivity index (χ0v) is 9.55. The highest BCUT2D eigenvalue weighted by Crippen LogP contribution is 1.92. The van der Waals surface area contributed by atoms with Crippen molar-refractivity contribution in [2.24, 2.45) is 0 Å². The average Bonchev–Trinajstić information content (AvgIpc) is 2.28. The maximum absolute atomic E-state index is 11.6. The molecule has 0 aromatic heterocycles. The molecule has 0 aliphatic rings. The van der Waals surface area contributed by atoms with Crippen LogP contribution in [0, 0.1) is 0 Å². The molecule has 0 radical (unpaired) electrons. The lowest BCUT2D eigenvalue weighted by Crippen LogP contribution is -2.17. The summed E-state index contributed by atoms with van der Waals surface area (Å²) in [7, 11) is 0. The molecule has 0 aliphatic carbocycles. The van der Waals surface area contributed by atoms with E-state index in [1.165, 1.54) is 6.08 Å². The molecular weight excluding hydrogens is 216 g/mol. The van der Waals surface area contributed by atoms with Gasteiger partial charge < -0.3 is 10.2 Å². The summed E-state index contributed by atoms with van der Waals surface area (Å²) in [6.45, 7) is 5.31. The Labute approximate surface area is 99.3 Å². The average molecular weight is 230 g/mol. The summed E-state index contributed by atoms with van der Waals surface area (Å²) in [5.74, 6) is -0.121. The monoisotopic (exact) mass is 230 g/mol. The number of ketones is 1. The molecule has 0 bridgehead atoms. The van der Waals surface area contributed by atoms with Gasteiger partial charge in [0.15, 0.2) is 5.78 Å². The van der Waals surface area contributed by atoms with Crippen molar-refractivity contribution in [1.82, 2.24) is 0 Å². The first-order valence-corrected chi connectivity index (χ1v) is 5.06. The third kappa shape index (κ3) is 3.65. The summed E-state index contributed by atoms with van der Waals surface area (Å²) in [6, 6.07) is 5.16. The fraction of sp³-hybridized carbons (Fsp3) is 0.0714. The number of hydrogen-bond acceptors (Lipinski definition) is 3. The Morgan fingerprint density at radius 1 is 1.41 bits per heavy atom. The highest BCUT2D eigenvalue weighted by molar-refractivity contribution is 6.04. The number of carbonyl (C=O) groups is 1. The van der Waals surface area contributed by atoms with Crippen LogP contribution in [0.15, 0.2) is 42.4 Å². The van der Waals surface area contributed by atoms with Crippen LogP contribution in [0.3, 0.4) is 0 Å². The van der Waals surface area contributed by atoms with Crippen molar-refractivity contribution < 1.29 is 15.0 Å². The van der Waals surface area contributed by atoms with Crippen LogP contribution >= 0.6 is 0 Å². The largest absolute Gasteiger partial charge is 0.515 e. The fourth-order valence-electron chi connectivity index (χ4n) is 1.30. The van der Waals surface area contributed by atoms with Gasteiger partial charge in [0.05, 0.1) is 12.0 Å². The first-order chi connectivity index (χ1) is 8.04. The molecule has 2 N–H and O–H groups in total. The standard InChI is InChI=1S/C14H14O3/c1-10-3-5-12(6-4-11(2)16)9-13(10)14(17)7-8-15/h3-9,15-16H,1H2,2H3/b8-7+,11-4?,12-6?. The van der Waals surface area contributed by atoms with Gasteiger partial charge in [-0.3, -0.25) is 4.79 Å². The molecule has 0 atom stereocenters. The van der Waals surface area contributed by atoms with Crippen molar-refractivity contribution in [1.29, 1.82) is 0 Å². The number of benzene rings is 1. The summed E-state index contributed by atoms with van der Waals surface area (Å²) in [6.07, 6.45) is 5.00. The predicted octanol–water partition coefficient (Wildman–Crippen LogP) is 1.59. The number of rotatable bonds is 3. The van der Waals surface area contributed by atoms with Crippen molar-refractivity contribution in [3.63, 3.8) is 0 Å². The van der Waals surface area contributed by atoms with Crippen LogP contribution < -0.4 is 10.4 Å². The van der Waals surface area contributed by atoms with Crippen LogP contribution in [0.1, 0.15) is 17.3 Å². The number of hydrogen-bond donors (Lipinski definition) is 2. The van der Waals surface area contributed by atoms with Crippen molar-refractivity contribution in [3.05, 3.63) is 58.4 Å². The Morgan fingerprint density at radius 3 is 2.71 bits per heavy atom. The molecule has 0 unspecified atom stereocenters. The van der Waals surface area contributed by atoms with E-state index < -0.39 is 0 Å². The van der Waals surface area contributed by atoms with Gasteiger partial charge in [0, 0.05) is 11.6 Å². The van der Waals surface area contributed by atoms with Gasteiger partial charge in [-0.05, 0) is 29.5 Å². The summed E-state index contributed by atoms with van der Waals surface area (Å²) in [5.41, 5.74) is 0.424. The molecule has 3 heteroatoms. The van der Waals surface area contributed by atoms with E-state index in [1.807, 2.05) is 0 Å². The number of aliphatic hydroxyl groups excluding tert-OH is 2. The Bertz CT molecular complexity index is 576. The molecule has 3 nitrogen and oxygen atoms in total. The van der Waals surface area contributed by atoms with Gasteiger partial charge in [0.2, 0.25) is 0 Å². The van der Waals surface area contributed by atoms with Crippen molar-refractivity contribution in [3.8, 4) is 0 Å². The molecular formula is C14H14O3. The molecule has 0 spiro atoms. The van der Waals surface area contributed by atoms with Crippen LogP contribution in [-0.4, -0.2) is 16.0 Å². The number of carbonyl (C=O) groups excluding carboxylic acids is 1. The van der Waals surface area contributed by atoms with Crippen LogP contribution in [-0.2, 0) is 0 Å². The Hall–Kier alpha value is -2.29. The lowest BCUT2D eigenvalue weighted by atomic mass is 10.1. The molecule has 1 aromatic rings. The SMILES string of the molecule is C=c1ccc(=CC=C(C)O)cc1C(=O)/C=C/O. The molecule has 0 saturated heterocycles. The predicted molar refractivity (Wildman–Crippen MR) is 68.2 cm³/mol. The van der Waals surface area contributed by atoms with Gasteiger partial charge in [0.25, 0.3) is 0 Å². The minimum absolute atomic E-state index is 0.187. The molecule has 88 valence electrons. The Kier molecular flexibility index (Phi) is 4.29. The smallest absolute Gasteiger partial charge is 0.189 e. The van der Waals surface area contributed by atoms with Crippen LogP contribution in [0.25, 0.3) is 12.7 Å². The van der Waals surface area contributed by atoms with Gasteiger partial charge >= 0.3 is 0 Å². The Balaban J connectivity index is 3.29. The van der Waals surface area contributed by atoms with E-state index in [4.69, 9.17) is 10.2 Å². The normalized spacial score (nSPS) is 13.2. The Morgan fingerprint density at radius 2 is 2.12 bits per heavy atom. The van der Waals surface area contributed by atoms with E-state index in [0.29, 0.717) is 17.0 Å². The first kappa shape index (κ1) is 12.8. The lowest BCUT2D eigenvalue weighted by molar-refractivity contribution is 0.104. The van der Waals surface area contributed by atoms with E-state index in [-0.39, 0.29) is 11.5 Å². The third-order valence-electron chi connectivity index (χ3n) is 2.14. The second-order valence-electron chi connectivity index (χ2n) is 3.57. The zero-order valence-electron chi connectivity index (χ0n) is 9.55. The topological polar surface area (TPSA) is 57.5 Å². The van der Waals surface area contributed by atoms with Crippen molar-refractivity contribution in [2.75, 3.05) is 0 Å². The quantitative estimate of drug-likeness (QED) is 0.471. The summed E-state index contributed by atoms with van der Waals surface area (Å²) < 4.78 is 0. The maximum Gasteiger partial charge on any atom is 0.189 e. The maximum atomic E-state index is 11.6. The molecule has 0 saturated carbocycles. The molecule has 0 fully saturated rings. The van der Waals surface area contributed by atoms with Crippen molar-refractivity contribution in [2.45, 2.75) is 6.92 Å². The second kappa shape index (κ2) is 5.70. The van der Waals surface area contributed by atoms with Crippen LogP contribution in [0.4, 0.5) is 0 Å². The van der Waals surface area contributed by atoms with Crippen LogP contribution in [0.5, 0.6) is 0 Å².